The molecular weight excluding hydrogens is 629 g/mol. The lowest BCUT2D eigenvalue weighted by molar-refractivity contribution is 0.669. The first-order chi connectivity index (χ1) is 24.8. The third kappa shape index (κ3) is 3.85. The average molecular weight is 661 g/mol. The van der Waals surface area contributed by atoms with E-state index in [1.807, 2.05) is 17.4 Å². The maximum absolute atomic E-state index is 6.25. The molecule has 3 nitrogen and oxygen atoms in total. The first kappa shape index (κ1) is 28.0. The Labute approximate surface area is 292 Å². The van der Waals surface area contributed by atoms with Gasteiger partial charge in [-0.2, -0.15) is 0 Å². The summed E-state index contributed by atoms with van der Waals surface area (Å²) in [6.07, 6.45) is 3.56. The highest BCUT2D eigenvalue weighted by Gasteiger charge is 2.22. The van der Waals surface area contributed by atoms with E-state index in [1.165, 1.54) is 87.9 Å². The molecule has 0 atom stereocenters. The molecule has 0 bridgehead atoms. The molecule has 0 N–H and O–H groups in total. The Kier molecular flexibility index (Phi) is 5.93. The van der Waals surface area contributed by atoms with Crippen LogP contribution in [0.25, 0.3) is 97.1 Å². The molecule has 0 unspecified atom stereocenters. The minimum absolute atomic E-state index is 0.909. The zero-order valence-electron chi connectivity index (χ0n) is 27.6. The predicted molar refractivity (Wildman–Crippen MR) is 214 cm³/mol. The molecule has 7 aromatic carbocycles. The lowest BCUT2D eigenvalue weighted by Crippen LogP contribution is -1.95. The Balaban J connectivity index is 1.25. The predicted octanol–water partition coefficient (Wildman–Crippen LogP) is 13.5. The van der Waals surface area contributed by atoms with Crippen LogP contribution in [0, 0.1) is 0 Å². The highest BCUT2D eigenvalue weighted by atomic mass is 32.1. The molecule has 50 heavy (non-hydrogen) atoms. The van der Waals surface area contributed by atoms with Gasteiger partial charge in [-0.15, -0.1) is 11.3 Å². The first-order valence-electron chi connectivity index (χ1n) is 17.6. The van der Waals surface area contributed by atoms with Gasteiger partial charge in [0.2, 0.25) is 0 Å². The Hall–Kier alpha value is -5.84. The maximum Gasteiger partial charge on any atom is 0.135 e. The molecule has 4 heterocycles. The number of hydrogen-bond donors (Lipinski definition) is 0. The Bertz CT molecular complexity index is 3150. The number of para-hydroxylation sites is 3. The van der Waals surface area contributed by atoms with Gasteiger partial charge in [0.05, 0.1) is 32.5 Å². The smallest absolute Gasteiger partial charge is 0.135 e. The summed E-state index contributed by atoms with van der Waals surface area (Å²) in [6, 6.07) is 51.4. The van der Waals surface area contributed by atoms with E-state index >= 15 is 0 Å². The van der Waals surface area contributed by atoms with Crippen LogP contribution >= 0.6 is 11.3 Å². The molecule has 4 aromatic heterocycles. The van der Waals surface area contributed by atoms with E-state index in [-0.39, 0.29) is 0 Å². The number of thiophene rings is 1. The Morgan fingerprint density at radius 3 is 2.18 bits per heavy atom. The molecule has 0 aliphatic carbocycles. The molecule has 0 fully saturated rings. The van der Waals surface area contributed by atoms with Crippen LogP contribution in [0.15, 0.2) is 144 Å². The van der Waals surface area contributed by atoms with Gasteiger partial charge in [-0.3, -0.25) is 0 Å². The van der Waals surface area contributed by atoms with Gasteiger partial charge in [0, 0.05) is 53.5 Å². The van der Waals surface area contributed by atoms with Gasteiger partial charge >= 0.3 is 0 Å². The molecule has 0 saturated heterocycles. The molecular formula is C46H32N2OS. The van der Waals surface area contributed by atoms with Gasteiger partial charge in [0.15, 0.2) is 0 Å². The van der Waals surface area contributed by atoms with Crippen LogP contribution in [0.2, 0.25) is 0 Å². The SMILES string of the molecule is CCCCc1ccc2sc3c(-n4c5ccccc5c5c4ccc4c6ccccc6n(-c6ccc7oc8ccccc8c7c6)c45)cccc3c2c1. The summed E-state index contributed by atoms with van der Waals surface area (Å²) >= 11 is 1.91. The molecule has 11 aromatic rings. The minimum atomic E-state index is 0.909. The topological polar surface area (TPSA) is 23.0 Å². The number of aromatic nitrogens is 2. The monoisotopic (exact) mass is 660 g/mol. The van der Waals surface area contributed by atoms with Crippen LogP contribution in [0.4, 0.5) is 0 Å². The third-order valence-electron chi connectivity index (χ3n) is 10.7. The normalized spacial score (nSPS) is 12.3. The molecule has 0 aliphatic rings. The molecule has 4 heteroatoms. The van der Waals surface area contributed by atoms with E-state index in [1.54, 1.807) is 0 Å². The number of hydrogen-bond acceptors (Lipinski definition) is 2. The second kappa shape index (κ2) is 10.6. The second-order valence-corrected chi connectivity index (χ2v) is 14.6. The zero-order valence-corrected chi connectivity index (χ0v) is 28.4. The quantitative estimate of drug-likeness (QED) is 0.180. The van der Waals surface area contributed by atoms with Crippen molar-refractivity contribution in [1.29, 1.82) is 0 Å². The van der Waals surface area contributed by atoms with Crippen LogP contribution in [-0.4, -0.2) is 9.13 Å². The lowest BCUT2D eigenvalue weighted by atomic mass is 10.0. The van der Waals surface area contributed by atoms with E-state index in [9.17, 15) is 0 Å². The standard InChI is InChI=1S/C46H32N2OS/c1-2-3-11-28-20-25-43-36(26-28)33-15-10-18-40(46(33)50-43)48-38-17-8-5-14-34(38)44-39(48)23-22-32-30-12-4-7-16-37(30)47(45(32)44)29-21-24-42-35(27-29)31-13-6-9-19-41(31)49-42/h4-10,12-27H,2-3,11H2,1H3. The average Bonchev–Trinajstić information content (AvgIpc) is 3.91. The van der Waals surface area contributed by atoms with E-state index in [2.05, 4.69) is 150 Å². The van der Waals surface area contributed by atoms with E-state index in [4.69, 9.17) is 4.42 Å². The summed E-state index contributed by atoms with van der Waals surface area (Å²) in [5, 5.41) is 10.0. The van der Waals surface area contributed by atoms with Crippen molar-refractivity contribution in [3.8, 4) is 11.4 Å². The van der Waals surface area contributed by atoms with Crippen molar-refractivity contribution < 1.29 is 4.42 Å². The van der Waals surface area contributed by atoms with Crippen LogP contribution in [0.1, 0.15) is 25.3 Å². The van der Waals surface area contributed by atoms with Crippen LogP contribution in [-0.2, 0) is 6.42 Å². The lowest BCUT2D eigenvalue weighted by Gasteiger charge is -2.11. The number of aryl methyl sites for hydroxylation is 1. The Morgan fingerprint density at radius 1 is 0.540 bits per heavy atom. The summed E-state index contributed by atoms with van der Waals surface area (Å²) < 4.78 is 13.9. The van der Waals surface area contributed by atoms with Gasteiger partial charge in [-0.1, -0.05) is 92.2 Å². The highest BCUT2D eigenvalue weighted by Crippen LogP contribution is 2.45. The van der Waals surface area contributed by atoms with E-state index in [0.29, 0.717) is 0 Å². The summed E-state index contributed by atoms with van der Waals surface area (Å²) in [4.78, 5) is 0. The fourth-order valence-corrected chi connectivity index (χ4v) is 9.62. The van der Waals surface area contributed by atoms with Crippen molar-refractivity contribution in [2.75, 3.05) is 0 Å². The zero-order chi connectivity index (χ0) is 32.9. The van der Waals surface area contributed by atoms with Crippen molar-refractivity contribution in [3.05, 3.63) is 145 Å². The maximum atomic E-state index is 6.25. The van der Waals surface area contributed by atoms with Gasteiger partial charge in [0.1, 0.15) is 11.2 Å². The van der Waals surface area contributed by atoms with Crippen molar-refractivity contribution in [2.24, 2.45) is 0 Å². The van der Waals surface area contributed by atoms with Crippen LogP contribution in [0.3, 0.4) is 0 Å². The molecule has 0 radical (unpaired) electrons. The highest BCUT2D eigenvalue weighted by molar-refractivity contribution is 7.26. The molecule has 0 saturated carbocycles. The largest absolute Gasteiger partial charge is 0.456 e. The van der Waals surface area contributed by atoms with Gasteiger partial charge in [-0.05, 0) is 79.1 Å². The summed E-state index contributed by atoms with van der Waals surface area (Å²) in [5.41, 5.74) is 10.5. The number of rotatable bonds is 5. The van der Waals surface area contributed by atoms with Crippen molar-refractivity contribution in [2.45, 2.75) is 26.2 Å². The molecule has 0 spiro atoms. The molecule has 0 aliphatic heterocycles. The van der Waals surface area contributed by atoms with Crippen molar-refractivity contribution >= 4 is 97.1 Å². The summed E-state index contributed by atoms with van der Waals surface area (Å²) in [5.74, 6) is 0. The minimum Gasteiger partial charge on any atom is -0.456 e. The number of nitrogens with zero attached hydrogens (tertiary/aromatic N) is 2. The van der Waals surface area contributed by atoms with Gasteiger partial charge in [-0.25, -0.2) is 0 Å². The number of unbranched alkanes of at least 4 members (excludes halogenated alkanes) is 1. The van der Waals surface area contributed by atoms with Crippen LogP contribution < -0.4 is 0 Å². The van der Waals surface area contributed by atoms with Gasteiger partial charge < -0.3 is 13.6 Å². The fourth-order valence-electron chi connectivity index (χ4n) is 8.43. The Morgan fingerprint density at radius 2 is 1.30 bits per heavy atom. The van der Waals surface area contributed by atoms with Crippen molar-refractivity contribution in [3.63, 3.8) is 0 Å². The fraction of sp³-hybridized carbons (Fsp3) is 0.0870. The van der Waals surface area contributed by atoms with E-state index < -0.39 is 0 Å². The first-order valence-corrected chi connectivity index (χ1v) is 18.4. The molecule has 11 rings (SSSR count). The summed E-state index contributed by atoms with van der Waals surface area (Å²) in [7, 11) is 0. The van der Waals surface area contributed by atoms with E-state index in [0.717, 1.165) is 34.0 Å². The second-order valence-electron chi connectivity index (χ2n) is 13.5. The third-order valence-corrected chi connectivity index (χ3v) is 11.9. The molecule has 0 amide bonds. The number of benzene rings is 7. The van der Waals surface area contributed by atoms with Gasteiger partial charge in [0.25, 0.3) is 0 Å². The summed E-state index contributed by atoms with van der Waals surface area (Å²) in [6.45, 7) is 2.27. The number of furan rings is 1. The van der Waals surface area contributed by atoms with Crippen LogP contribution in [0.5, 0.6) is 0 Å². The molecule has 238 valence electrons. The number of fused-ring (bicyclic) bond motifs is 13. The van der Waals surface area contributed by atoms with Crippen molar-refractivity contribution in [1.82, 2.24) is 9.13 Å².